The van der Waals surface area contributed by atoms with Crippen LogP contribution in [-0.2, 0) is 0 Å². The Hall–Kier alpha value is -2.25. The van der Waals surface area contributed by atoms with Crippen LogP contribution in [0.2, 0.25) is 0 Å². The summed E-state index contributed by atoms with van der Waals surface area (Å²) < 4.78 is 5.76. The molecule has 2 rings (SSSR count). The van der Waals surface area contributed by atoms with Gasteiger partial charge in [-0.1, -0.05) is 25.6 Å². The van der Waals surface area contributed by atoms with E-state index in [1.807, 2.05) is 24.3 Å². The SMILES string of the molecule is CCN(CC)CCOc1ccc(Sc2ccc([N+](=O)[O-])c(N)c2)cc1. The fourth-order valence-electron chi connectivity index (χ4n) is 2.33. The third-order valence-corrected chi connectivity index (χ3v) is 4.82. The van der Waals surface area contributed by atoms with Gasteiger partial charge in [-0.25, -0.2) is 0 Å². The van der Waals surface area contributed by atoms with Crippen molar-refractivity contribution < 1.29 is 9.66 Å². The molecular formula is C18H23N3O3S. The lowest BCUT2D eigenvalue weighted by atomic mass is 10.3. The standard InChI is InChI=1S/C18H23N3O3S/c1-3-20(4-2)11-12-24-14-5-7-15(8-6-14)25-16-9-10-18(21(22)23)17(19)13-16/h5-10,13H,3-4,11-12,19H2,1-2H3. The molecule has 0 saturated heterocycles. The predicted molar refractivity (Wildman–Crippen MR) is 101 cm³/mol. The first-order chi connectivity index (χ1) is 12.0. The van der Waals surface area contributed by atoms with Gasteiger partial charge in [0.15, 0.2) is 0 Å². The van der Waals surface area contributed by atoms with Crippen molar-refractivity contribution in [1.82, 2.24) is 4.90 Å². The van der Waals surface area contributed by atoms with E-state index in [1.54, 1.807) is 12.1 Å². The number of anilines is 1. The van der Waals surface area contributed by atoms with Crippen molar-refractivity contribution in [3.8, 4) is 5.75 Å². The zero-order valence-electron chi connectivity index (χ0n) is 14.5. The first kappa shape index (κ1) is 19.1. The van der Waals surface area contributed by atoms with E-state index in [9.17, 15) is 10.1 Å². The molecule has 0 aromatic heterocycles. The number of nitrogen functional groups attached to an aromatic ring is 1. The Morgan fingerprint density at radius 2 is 1.76 bits per heavy atom. The highest BCUT2D eigenvalue weighted by Crippen LogP contribution is 2.33. The molecule has 0 atom stereocenters. The molecule has 0 aliphatic rings. The Morgan fingerprint density at radius 3 is 2.32 bits per heavy atom. The summed E-state index contributed by atoms with van der Waals surface area (Å²) in [5.41, 5.74) is 5.83. The van der Waals surface area contributed by atoms with Crippen LogP contribution in [0.4, 0.5) is 11.4 Å². The number of nitrogens with two attached hydrogens (primary N) is 1. The Balaban J connectivity index is 1.92. The summed E-state index contributed by atoms with van der Waals surface area (Å²) in [6.07, 6.45) is 0. The predicted octanol–water partition coefficient (Wildman–Crippen LogP) is 4.05. The van der Waals surface area contributed by atoms with Crippen molar-refractivity contribution in [1.29, 1.82) is 0 Å². The average molecular weight is 361 g/mol. The summed E-state index contributed by atoms with van der Waals surface area (Å²) in [6.45, 7) is 7.89. The second-order valence-electron chi connectivity index (χ2n) is 5.43. The van der Waals surface area contributed by atoms with E-state index in [4.69, 9.17) is 10.5 Å². The summed E-state index contributed by atoms with van der Waals surface area (Å²) >= 11 is 1.50. The van der Waals surface area contributed by atoms with Crippen molar-refractivity contribution in [2.24, 2.45) is 0 Å². The molecule has 0 radical (unpaired) electrons. The molecule has 0 fully saturated rings. The van der Waals surface area contributed by atoms with E-state index >= 15 is 0 Å². The average Bonchev–Trinajstić information content (AvgIpc) is 2.60. The third kappa shape index (κ3) is 5.65. The zero-order chi connectivity index (χ0) is 18.2. The van der Waals surface area contributed by atoms with E-state index in [0.717, 1.165) is 35.2 Å². The molecule has 6 nitrogen and oxygen atoms in total. The normalized spacial score (nSPS) is 10.8. The second kappa shape index (κ2) is 9.29. The first-order valence-electron chi connectivity index (χ1n) is 8.20. The van der Waals surface area contributed by atoms with Crippen LogP contribution in [0, 0.1) is 10.1 Å². The number of rotatable bonds is 9. The number of nitrogens with zero attached hydrogens (tertiary/aromatic N) is 2. The van der Waals surface area contributed by atoms with E-state index in [0.29, 0.717) is 6.61 Å². The van der Waals surface area contributed by atoms with Gasteiger partial charge in [-0.3, -0.25) is 10.1 Å². The van der Waals surface area contributed by atoms with Crippen LogP contribution in [0.25, 0.3) is 0 Å². The maximum Gasteiger partial charge on any atom is 0.292 e. The summed E-state index contributed by atoms with van der Waals surface area (Å²) in [4.78, 5) is 14.5. The Morgan fingerprint density at radius 1 is 1.12 bits per heavy atom. The molecule has 25 heavy (non-hydrogen) atoms. The largest absolute Gasteiger partial charge is 0.492 e. The molecule has 0 saturated carbocycles. The lowest BCUT2D eigenvalue weighted by Crippen LogP contribution is -2.27. The van der Waals surface area contributed by atoms with Gasteiger partial charge in [0.2, 0.25) is 0 Å². The Bertz CT molecular complexity index is 703. The highest BCUT2D eigenvalue weighted by Gasteiger charge is 2.11. The Labute approximate surface area is 152 Å². The van der Waals surface area contributed by atoms with Gasteiger partial charge in [-0.15, -0.1) is 0 Å². The number of hydrogen-bond acceptors (Lipinski definition) is 6. The summed E-state index contributed by atoms with van der Waals surface area (Å²) in [5, 5.41) is 10.8. The lowest BCUT2D eigenvalue weighted by molar-refractivity contribution is -0.383. The Kier molecular flexibility index (Phi) is 7.09. The maximum absolute atomic E-state index is 10.8. The molecule has 2 aromatic carbocycles. The zero-order valence-corrected chi connectivity index (χ0v) is 15.3. The minimum atomic E-state index is -0.478. The van der Waals surface area contributed by atoms with Gasteiger partial charge in [0, 0.05) is 22.4 Å². The van der Waals surface area contributed by atoms with Crippen LogP contribution >= 0.6 is 11.8 Å². The number of nitro benzene ring substituents is 1. The van der Waals surface area contributed by atoms with Gasteiger partial charge in [-0.2, -0.15) is 0 Å². The highest BCUT2D eigenvalue weighted by molar-refractivity contribution is 7.99. The summed E-state index contributed by atoms with van der Waals surface area (Å²) in [7, 11) is 0. The van der Waals surface area contributed by atoms with Gasteiger partial charge in [-0.05, 0) is 49.5 Å². The van der Waals surface area contributed by atoms with E-state index < -0.39 is 4.92 Å². The molecule has 0 heterocycles. The number of benzene rings is 2. The molecule has 2 aromatic rings. The van der Waals surface area contributed by atoms with Crippen molar-refractivity contribution in [3.05, 3.63) is 52.6 Å². The first-order valence-corrected chi connectivity index (χ1v) is 9.02. The fourth-order valence-corrected chi connectivity index (χ4v) is 3.20. The highest BCUT2D eigenvalue weighted by atomic mass is 32.2. The molecule has 0 spiro atoms. The van der Waals surface area contributed by atoms with E-state index in [2.05, 4.69) is 18.7 Å². The van der Waals surface area contributed by atoms with Crippen LogP contribution in [0.3, 0.4) is 0 Å². The molecule has 7 heteroatoms. The van der Waals surface area contributed by atoms with Crippen molar-refractivity contribution in [3.63, 3.8) is 0 Å². The van der Waals surface area contributed by atoms with Gasteiger partial charge < -0.3 is 15.4 Å². The van der Waals surface area contributed by atoms with E-state index in [1.165, 1.54) is 17.8 Å². The molecule has 0 unspecified atom stereocenters. The van der Waals surface area contributed by atoms with Crippen LogP contribution in [0.1, 0.15) is 13.8 Å². The van der Waals surface area contributed by atoms with Crippen molar-refractivity contribution >= 4 is 23.1 Å². The quantitative estimate of drug-likeness (QED) is 0.412. The number of hydrogen-bond donors (Lipinski definition) is 1. The number of ether oxygens (including phenoxy) is 1. The molecule has 2 N–H and O–H groups in total. The fraction of sp³-hybridized carbons (Fsp3) is 0.333. The molecule has 0 aliphatic heterocycles. The van der Waals surface area contributed by atoms with Crippen LogP contribution in [-0.4, -0.2) is 36.1 Å². The molecular weight excluding hydrogens is 338 g/mol. The summed E-state index contributed by atoms with van der Waals surface area (Å²) in [5.74, 6) is 0.833. The number of nitro groups is 1. The topological polar surface area (TPSA) is 81.6 Å². The van der Waals surface area contributed by atoms with E-state index in [-0.39, 0.29) is 11.4 Å². The second-order valence-corrected chi connectivity index (χ2v) is 6.57. The van der Waals surface area contributed by atoms with Gasteiger partial charge in [0.05, 0.1) is 4.92 Å². The molecule has 0 aliphatic carbocycles. The minimum Gasteiger partial charge on any atom is -0.492 e. The van der Waals surface area contributed by atoms with Gasteiger partial charge >= 0.3 is 0 Å². The monoisotopic (exact) mass is 361 g/mol. The lowest BCUT2D eigenvalue weighted by Gasteiger charge is -2.18. The minimum absolute atomic E-state index is 0.0682. The van der Waals surface area contributed by atoms with Crippen LogP contribution in [0.5, 0.6) is 5.75 Å². The molecule has 0 amide bonds. The van der Waals surface area contributed by atoms with Crippen LogP contribution < -0.4 is 10.5 Å². The van der Waals surface area contributed by atoms with Crippen LogP contribution in [0.15, 0.2) is 52.3 Å². The van der Waals surface area contributed by atoms with Gasteiger partial charge in [0.25, 0.3) is 5.69 Å². The van der Waals surface area contributed by atoms with Gasteiger partial charge in [0.1, 0.15) is 18.0 Å². The third-order valence-electron chi connectivity index (χ3n) is 3.83. The maximum atomic E-state index is 10.8. The summed E-state index contributed by atoms with van der Waals surface area (Å²) in [6, 6.07) is 12.6. The van der Waals surface area contributed by atoms with Crippen molar-refractivity contribution in [2.45, 2.75) is 23.6 Å². The molecule has 0 bridgehead atoms. The molecule has 134 valence electrons. The number of likely N-dealkylation sites (N-methyl/N-ethyl adjacent to an activating group) is 1. The smallest absolute Gasteiger partial charge is 0.292 e. The van der Waals surface area contributed by atoms with Crippen molar-refractivity contribution in [2.75, 3.05) is 32.0 Å².